The Balaban J connectivity index is 0. The van der Waals surface area contributed by atoms with Crippen molar-refractivity contribution in [1.29, 1.82) is 0 Å². The fourth-order valence-electron chi connectivity index (χ4n) is 1.46. The molecule has 0 heterocycles. The Bertz CT molecular complexity index is 487. The van der Waals surface area contributed by atoms with Crippen molar-refractivity contribution in [2.75, 3.05) is 40.1 Å². The molecule has 26 heavy (non-hydrogen) atoms. The van der Waals surface area contributed by atoms with Gasteiger partial charge in [-0.2, -0.15) is 9.59 Å². The van der Waals surface area contributed by atoms with E-state index in [9.17, 15) is 14.4 Å². The molecule has 148 valence electrons. The molecule has 0 aliphatic carbocycles. The highest BCUT2D eigenvalue weighted by Gasteiger charge is 2.09. The number of nitrogens with one attached hydrogen (secondary N) is 1. The summed E-state index contributed by atoms with van der Waals surface area (Å²) in [6, 6.07) is 0. The zero-order valence-corrected chi connectivity index (χ0v) is 16.5. The van der Waals surface area contributed by atoms with Gasteiger partial charge in [0.05, 0.1) is 31.2 Å². The lowest BCUT2D eigenvalue weighted by Gasteiger charge is -2.04. The summed E-state index contributed by atoms with van der Waals surface area (Å²) in [4.78, 5) is 50.5. The van der Waals surface area contributed by atoms with Crippen LogP contribution in [0, 0.1) is 0 Å². The molecule has 0 aliphatic rings. The van der Waals surface area contributed by atoms with Crippen LogP contribution in [0.15, 0.2) is 10.6 Å². The van der Waals surface area contributed by atoms with Gasteiger partial charge in [-0.05, 0) is 29.3 Å². The van der Waals surface area contributed by atoms with Crippen LogP contribution < -0.4 is 5.32 Å². The number of hydrogen-bond donors (Lipinski definition) is 1. The van der Waals surface area contributed by atoms with Crippen LogP contribution in [0.1, 0.15) is 26.2 Å². The maximum Gasteiger partial charge on any atom is 0.373 e. The van der Waals surface area contributed by atoms with Gasteiger partial charge in [-0.3, -0.25) is 14.4 Å². The van der Waals surface area contributed by atoms with E-state index in [0.717, 1.165) is 0 Å². The Morgan fingerprint density at radius 3 is 2.27 bits per heavy atom. The SMILES string of the molecule is CCOCCOCCCC(=O)/C=C(/Br)C(=O)NCCC(=O)OC.O=C=O. The Hall–Kier alpha value is -1.87. The van der Waals surface area contributed by atoms with E-state index in [1.165, 1.54) is 13.2 Å². The fourth-order valence-corrected chi connectivity index (χ4v) is 1.85. The lowest BCUT2D eigenvalue weighted by atomic mass is 10.2. The molecule has 0 aliphatic heterocycles. The Kier molecular flexibility index (Phi) is 19.7. The highest BCUT2D eigenvalue weighted by Crippen LogP contribution is 2.07. The molecule has 0 aromatic heterocycles. The van der Waals surface area contributed by atoms with Crippen molar-refractivity contribution in [1.82, 2.24) is 5.32 Å². The molecule has 0 saturated carbocycles. The zero-order valence-electron chi connectivity index (χ0n) is 14.9. The molecule has 1 amide bonds. The summed E-state index contributed by atoms with van der Waals surface area (Å²) >= 11 is 3.04. The van der Waals surface area contributed by atoms with Crippen molar-refractivity contribution in [3.63, 3.8) is 0 Å². The van der Waals surface area contributed by atoms with Crippen molar-refractivity contribution < 1.29 is 38.2 Å². The third-order valence-corrected chi connectivity index (χ3v) is 3.22. The van der Waals surface area contributed by atoms with Gasteiger partial charge < -0.3 is 19.5 Å². The van der Waals surface area contributed by atoms with Gasteiger partial charge in [-0.15, -0.1) is 0 Å². The lowest BCUT2D eigenvalue weighted by molar-refractivity contribution is -0.191. The van der Waals surface area contributed by atoms with E-state index in [-0.39, 0.29) is 29.4 Å². The summed E-state index contributed by atoms with van der Waals surface area (Å²) in [5, 5.41) is 2.50. The predicted molar refractivity (Wildman–Crippen MR) is 93.2 cm³/mol. The number of ketones is 1. The fraction of sp³-hybridized carbons (Fsp3) is 0.625. The van der Waals surface area contributed by atoms with Crippen molar-refractivity contribution in [3.05, 3.63) is 10.6 Å². The second-order valence-electron chi connectivity index (χ2n) is 4.54. The van der Waals surface area contributed by atoms with Crippen LogP contribution in [-0.2, 0) is 38.2 Å². The minimum absolute atomic E-state index is 0.0789. The number of methoxy groups -OCH3 is 1. The van der Waals surface area contributed by atoms with Gasteiger partial charge in [0.1, 0.15) is 0 Å². The number of rotatable bonds is 13. The van der Waals surface area contributed by atoms with E-state index in [1.54, 1.807) is 0 Å². The van der Waals surface area contributed by atoms with E-state index < -0.39 is 11.9 Å². The lowest BCUT2D eigenvalue weighted by Crippen LogP contribution is -2.26. The normalized spacial score (nSPS) is 10.2. The molecule has 0 aromatic rings. The van der Waals surface area contributed by atoms with Crippen LogP contribution in [0.4, 0.5) is 0 Å². The highest BCUT2D eigenvalue weighted by atomic mass is 79.9. The number of carbonyl (C=O) groups is 3. The molecular weight excluding hydrogens is 414 g/mol. The summed E-state index contributed by atoms with van der Waals surface area (Å²) in [6.45, 7) is 4.23. The van der Waals surface area contributed by atoms with Crippen molar-refractivity contribution in [3.8, 4) is 0 Å². The summed E-state index contributed by atoms with van der Waals surface area (Å²) < 4.78 is 15.0. The first kappa shape index (κ1) is 26.4. The number of ether oxygens (including phenoxy) is 3. The number of amides is 1. The minimum atomic E-state index is -0.449. The van der Waals surface area contributed by atoms with Gasteiger partial charge >= 0.3 is 12.1 Å². The molecule has 0 spiro atoms. The first-order chi connectivity index (χ1) is 12.4. The Morgan fingerprint density at radius 1 is 1.08 bits per heavy atom. The largest absolute Gasteiger partial charge is 0.469 e. The third-order valence-electron chi connectivity index (χ3n) is 2.63. The van der Waals surface area contributed by atoms with Gasteiger partial charge in [-0.1, -0.05) is 0 Å². The second-order valence-corrected chi connectivity index (χ2v) is 5.39. The summed E-state index contributed by atoms with van der Waals surface area (Å²) in [7, 11) is 1.28. The summed E-state index contributed by atoms with van der Waals surface area (Å²) in [6.07, 6.45) is 2.42. The van der Waals surface area contributed by atoms with Crippen molar-refractivity contribution in [2.24, 2.45) is 0 Å². The van der Waals surface area contributed by atoms with E-state index in [2.05, 4.69) is 26.0 Å². The minimum Gasteiger partial charge on any atom is -0.469 e. The monoisotopic (exact) mass is 437 g/mol. The van der Waals surface area contributed by atoms with E-state index in [1.807, 2.05) is 6.92 Å². The van der Waals surface area contributed by atoms with Crippen molar-refractivity contribution >= 4 is 39.7 Å². The standard InChI is InChI=1S/C15H24BrNO6.CO2/c1-3-22-9-10-23-8-4-5-12(18)11-13(16)15(20)17-7-6-14(19)21-2;2-1-3/h11H,3-10H2,1-2H3,(H,17,20);/b13-11+;. The van der Waals surface area contributed by atoms with Gasteiger partial charge in [-0.25, -0.2) is 0 Å². The topological polar surface area (TPSA) is 125 Å². The summed E-state index contributed by atoms with van der Waals surface area (Å²) in [5.74, 6) is -1.03. The van der Waals surface area contributed by atoms with Crippen LogP contribution in [-0.4, -0.2) is 63.9 Å². The Labute approximate surface area is 160 Å². The summed E-state index contributed by atoms with van der Waals surface area (Å²) in [5.41, 5.74) is 0. The molecule has 1 N–H and O–H groups in total. The first-order valence-electron chi connectivity index (χ1n) is 7.82. The van der Waals surface area contributed by atoms with E-state index in [4.69, 9.17) is 19.1 Å². The molecule has 0 aromatic carbocycles. The Morgan fingerprint density at radius 2 is 1.69 bits per heavy atom. The van der Waals surface area contributed by atoms with E-state index >= 15 is 0 Å². The van der Waals surface area contributed by atoms with Gasteiger partial charge in [0.15, 0.2) is 5.78 Å². The molecule has 0 bridgehead atoms. The van der Waals surface area contributed by atoms with Crippen LogP contribution >= 0.6 is 15.9 Å². The van der Waals surface area contributed by atoms with Crippen LogP contribution in [0.2, 0.25) is 0 Å². The molecular formula is C16H24BrNO8. The van der Waals surface area contributed by atoms with Gasteiger partial charge in [0.25, 0.3) is 5.91 Å². The molecule has 9 nitrogen and oxygen atoms in total. The quantitative estimate of drug-likeness (QED) is 0.254. The first-order valence-corrected chi connectivity index (χ1v) is 8.61. The van der Waals surface area contributed by atoms with Crippen molar-refractivity contribution in [2.45, 2.75) is 26.2 Å². The van der Waals surface area contributed by atoms with Gasteiger partial charge in [0, 0.05) is 32.3 Å². The average molecular weight is 438 g/mol. The maximum atomic E-state index is 11.7. The molecule has 0 radical (unpaired) electrons. The number of esters is 1. The zero-order chi connectivity index (χ0) is 20.2. The molecule has 10 heteroatoms. The highest BCUT2D eigenvalue weighted by molar-refractivity contribution is 9.12. The number of carbonyl (C=O) groups excluding carboxylic acids is 5. The third kappa shape index (κ3) is 18.5. The van der Waals surface area contributed by atoms with Crippen LogP contribution in [0.5, 0.6) is 0 Å². The van der Waals surface area contributed by atoms with E-state index in [0.29, 0.717) is 39.3 Å². The smallest absolute Gasteiger partial charge is 0.373 e. The second kappa shape index (κ2) is 19.5. The molecule has 0 unspecified atom stereocenters. The number of hydrogen-bond acceptors (Lipinski definition) is 8. The molecule has 0 saturated heterocycles. The molecule has 0 rings (SSSR count). The maximum absolute atomic E-state index is 11.7. The van der Waals surface area contributed by atoms with Crippen LogP contribution in [0.25, 0.3) is 0 Å². The predicted octanol–water partition coefficient (Wildman–Crippen LogP) is 0.763. The number of halogens is 1. The average Bonchev–Trinajstić information content (AvgIpc) is 2.61. The van der Waals surface area contributed by atoms with Gasteiger partial charge in [0.2, 0.25) is 0 Å². The molecule has 0 fully saturated rings. The van der Waals surface area contributed by atoms with Crippen LogP contribution in [0.3, 0.4) is 0 Å². The number of allylic oxidation sites excluding steroid dienone is 1. The molecule has 0 atom stereocenters.